The summed E-state index contributed by atoms with van der Waals surface area (Å²) in [5.41, 5.74) is 2.25. The maximum Gasteiger partial charge on any atom is 0.418 e. The number of carbonyl (C=O) groups is 2. The molecular formula is C20H25NO4. The van der Waals surface area contributed by atoms with Crippen LogP contribution in [0.5, 0.6) is 0 Å². The maximum atomic E-state index is 12.6. The number of ether oxygens (including phenoxy) is 2. The highest BCUT2D eigenvalue weighted by molar-refractivity contribution is 5.94. The summed E-state index contributed by atoms with van der Waals surface area (Å²) in [4.78, 5) is 25.1. The van der Waals surface area contributed by atoms with Gasteiger partial charge in [0.2, 0.25) is 0 Å². The number of para-hydroxylation sites is 1. The molecule has 0 spiro atoms. The Kier molecular flexibility index (Phi) is 4.58. The van der Waals surface area contributed by atoms with Crippen molar-refractivity contribution in [3.8, 4) is 0 Å². The molecule has 2 atom stereocenters. The number of carbonyl (C=O) groups excluding carboxylic acids is 2. The second-order valence-corrected chi connectivity index (χ2v) is 6.90. The van der Waals surface area contributed by atoms with E-state index in [1.165, 1.54) is 0 Å². The normalized spacial score (nSPS) is 22.5. The molecule has 134 valence electrons. The fourth-order valence-corrected chi connectivity index (χ4v) is 3.79. The smallest absolute Gasteiger partial charge is 0.418 e. The summed E-state index contributed by atoms with van der Waals surface area (Å²) in [5, 5.41) is 1.01. The van der Waals surface area contributed by atoms with Gasteiger partial charge in [0, 0.05) is 11.1 Å². The van der Waals surface area contributed by atoms with Crippen molar-refractivity contribution < 1.29 is 19.1 Å². The number of esters is 1. The van der Waals surface area contributed by atoms with Gasteiger partial charge in [0.1, 0.15) is 0 Å². The summed E-state index contributed by atoms with van der Waals surface area (Å²) in [7, 11) is 0. The molecule has 0 saturated carbocycles. The lowest BCUT2D eigenvalue weighted by Gasteiger charge is -2.37. The minimum absolute atomic E-state index is 0.0662. The highest BCUT2D eigenvalue weighted by atomic mass is 16.5. The van der Waals surface area contributed by atoms with Gasteiger partial charge in [-0.3, -0.25) is 4.79 Å². The van der Waals surface area contributed by atoms with E-state index >= 15 is 0 Å². The van der Waals surface area contributed by atoms with Crippen LogP contribution >= 0.6 is 0 Å². The second-order valence-electron chi connectivity index (χ2n) is 6.90. The third-order valence-corrected chi connectivity index (χ3v) is 5.41. The molecule has 25 heavy (non-hydrogen) atoms. The van der Waals surface area contributed by atoms with Crippen molar-refractivity contribution in [1.82, 2.24) is 4.57 Å². The maximum absolute atomic E-state index is 12.6. The van der Waals surface area contributed by atoms with Crippen molar-refractivity contribution in [2.45, 2.75) is 40.5 Å². The third kappa shape index (κ3) is 2.71. The summed E-state index contributed by atoms with van der Waals surface area (Å²) in [6.45, 7) is 8.35. The summed E-state index contributed by atoms with van der Waals surface area (Å²) < 4.78 is 12.3. The van der Waals surface area contributed by atoms with Crippen LogP contribution in [0.15, 0.2) is 24.3 Å². The Bertz CT molecular complexity index is 822. The van der Waals surface area contributed by atoms with Crippen LogP contribution in [0.4, 0.5) is 4.79 Å². The van der Waals surface area contributed by atoms with Crippen LogP contribution in [0.25, 0.3) is 10.9 Å². The number of benzene rings is 1. The van der Waals surface area contributed by atoms with Crippen LogP contribution in [0, 0.1) is 11.3 Å². The van der Waals surface area contributed by atoms with E-state index in [1.807, 2.05) is 45.0 Å². The van der Waals surface area contributed by atoms with Gasteiger partial charge in [-0.25, -0.2) is 9.36 Å². The minimum Gasteiger partial charge on any atom is -0.466 e. The Balaban J connectivity index is 2.16. The number of hydrogen-bond acceptors (Lipinski definition) is 4. The summed E-state index contributed by atoms with van der Waals surface area (Å²) in [6.07, 6.45) is 0.847. The molecule has 0 N–H and O–H groups in total. The molecule has 1 aliphatic rings. The first-order valence-corrected chi connectivity index (χ1v) is 8.89. The second kappa shape index (κ2) is 6.54. The van der Waals surface area contributed by atoms with Crippen molar-refractivity contribution in [2.24, 2.45) is 11.3 Å². The van der Waals surface area contributed by atoms with E-state index in [0.717, 1.165) is 22.2 Å². The Hall–Kier alpha value is -2.30. The molecule has 0 unspecified atom stereocenters. The average molecular weight is 343 g/mol. The molecule has 2 aromatic rings. The van der Waals surface area contributed by atoms with Gasteiger partial charge in [0.15, 0.2) is 0 Å². The minimum atomic E-state index is -0.591. The SMILES string of the molecule is CCOC(=O)n1c2c(c3ccccc31)C[C@@](C)(C(=O)OCC)[C@H](C)C2. The number of nitrogens with zero attached hydrogens (tertiary/aromatic N) is 1. The Labute approximate surface area is 147 Å². The lowest BCUT2D eigenvalue weighted by Crippen LogP contribution is -2.42. The summed E-state index contributed by atoms with van der Waals surface area (Å²) >= 11 is 0. The zero-order valence-electron chi connectivity index (χ0n) is 15.3. The van der Waals surface area contributed by atoms with Gasteiger partial charge in [-0.05, 0) is 51.2 Å². The fourth-order valence-electron chi connectivity index (χ4n) is 3.79. The molecule has 3 rings (SSSR count). The molecule has 0 fully saturated rings. The Morgan fingerprint density at radius 3 is 2.56 bits per heavy atom. The molecule has 0 bridgehead atoms. The predicted molar refractivity (Wildman–Crippen MR) is 95.7 cm³/mol. The first-order chi connectivity index (χ1) is 11.9. The quantitative estimate of drug-likeness (QED) is 0.792. The largest absolute Gasteiger partial charge is 0.466 e. The van der Waals surface area contributed by atoms with Crippen molar-refractivity contribution in [3.63, 3.8) is 0 Å². The fraction of sp³-hybridized carbons (Fsp3) is 0.500. The van der Waals surface area contributed by atoms with Crippen molar-refractivity contribution >= 4 is 23.0 Å². The number of hydrogen-bond donors (Lipinski definition) is 0. The highest BCUT2D eigenvalue weighted by Gasteiger charge is 2.46. The Morgan fingerprint density at radius 1 is 1.20 bits per heavy atom. The van der Waals surface area contributed by atoms with E-state index in [9.17, 15) is 9.59 Å². The Morgan fingerprint density at radius 2 is 1.88 bits per heavy atom. The number of aromatic nitrogens is 1. The summed E-state index contributed by atoms with van der Waals surface area (Å²) in [5.74, 6) is -0.0994. The van der Waals surface area contributed by atoms with Gasteiger partial charge in [0.25, 0.3) is 0 Å². The third-order valence-electron chi connectivity index (χ3n) is 5.41. The summed E-state index contributed by atoms with van der Waals surface area (Å²) in [6, 6.07) is 7.80. The molecular weight excluding hydrogens is 318 g/mol. The molecule has 5 heteroatoms. The molecule has 0 amide bonds. The van der Waals surface area contributed by atoms with E-state index in [2.05, 4.69) is 0 Å². The standard InChI is InChI=1S/C20H25NO4/c1-5-24-18(22)20(4)12-15-14-9-7-8-10-16(14)21(19(23)25-6-2)17(15)11-13(20)3/h7-10,13H,5-6,11-12H2,1-4H3/t13-,20-/m1/s1. The highest BCUT2D eigenvalue weighted by Crippen LogP contribution is 2.44. The van der Waals surface area contributed by atoms with Crippen molar-refractivity contribution in [2.75, 3.05) is 13.2 Å². The van der Waals surface area contributed by atoms with Crippen LogP contribution in [-0.2, 0) is 27.1 Å². The van der Waals surface area contributed by atoms with Gasteiger partial charge in [-0.15, -0.1) is 0 Å². The number of fused-ring (bicyclic) bond motifs is 3. The molecule has 5 nitrogen and oxygen atoms in total. The topological polar surface area (TPSA) is 57.5 Å². The van der Waals surface area contributed by atoms with E-state index in [0.29, 0.717) is 26.1 Å². The van der Waals surface area contributed by atoms with Gasteiger partial charge < -0.3 is 9.47 Å². The average Bonchev–Trinajstić information content (AvgIpc) is 2.89. The van der Waals surface area contributed by atoms with Crippen molar-refractivity contribution in [1.29, 1.82) is 0 Å². The first-order valence-electron chi connectivity index (χ1n) is 8.89. The zero-order chi connectivity index (χ0) is 18.2. The molecule has 1 aromatic carbocycles. The predicted octanol–water partition coefficient (Wildman–Crippen LogP) is 3.95. The van der Waals surface area contributed by atoms with Gasteiger partial charge in [-0.1, -0.05) is 25.1 Å². The van der Waals surface area contributed by atoms with E-state index < -0.39 is 5.41 Å². The zero-order valence-corrected chi connectivity index (χ0v) is 15.3. The molecule has 1 heterocycles. The van der Waals surface area contributed by atoms with Gasteiger partial charge in [-0.2, -0.15) is 0 Å². The molecule has 1 aliphatic carbocycles. The van der Waals surface area contributed by atoms with E-state index in [4.69, 9.17) is 9.47 Å². The molecule has 0 radical (unpaired) electrons. The lowest BCUT2D eigenvalue weighted by molar-refractivity contribution is -0.158. The van der Waals surface area contributed by atoms with Crippen LogP contribution in [0.3, 0.4) is 0 Å². The van der Waals surface area contributed by atoms with Crippen LogP contribution in [0.2, 0.25) is 0 Å². The van der Waals surface area contributed by atoms with E-state index in [-0.39, 0.29) is 18.0 Å². The van der Waals surface area contributed by atoms with Crippen LogP contribution in [0.1, 0.15) is 39.0 Å². The lowest BCUT2D eigenvalue weighted by atomic mass is 9.67. The van der Waals surface area contributed by atoms with Crippen LogP contribution in [-0.4, -0.2) is 29.8 Å². The van der Waals surface area contributed by atoms with Gasteiger partial charge >= 0.3 is 12.1 Å². The molecule has 1 aromatic heterocycles. The van der Waals surface area contributed by atoms with Gasteiger partial charge in [0.05, 0.1) is 24.1 Å². The first kappa shape index (κ1) is 17.5. The number of rotatable bonds is 3. The monoisotopic (exact) mass is 343 g/mol. The van der Waals surface area contributed by atoms with E-state index in [1.54, 1.807) is 11.5 Å². The molecule has 0 saturated heterocycles. The van der Waals surface area contributed by atoms with Crippen molar-refractivity contribution in [3.05, 3.63) is 35.5 Å². The van der Waals surface area contributed by atoms with Crippen LogP contribution < -0.4 is 0 Å². The molecule has 0 aliphatic heterocycles.